The second-order valence-corrected chi connectivity index (χ2v) is 12.1. The number of unbranched alkanes of at least 4 members (excludes halogenated alkanes) is 12. The number of fused-ring (bicyclic) bond motifs is 1. The van der Waals surface area contributed by atoms with Gasteiger partial charge in [0.05, 0.1) is 12.2 Å². The first-order chi connectivity index (χ1) is 19.3. The molecule has 0 radical (unpaired) electrons. The van der Waals surface area contributed by atoms with Crippen molar-refractivity contribution in [3.05, 3.63) is 12.2 Å². The molecule has 1 spiro atoms. The summed E-state index contributed by atoms with van der Waals surface area (Å²) in [7, 11) is 0. The smallest absolute Gasteiger partial charge is 0.302 e. The van der Waals surface area contributed by atoms with E-state index >= 15 is 0 Å². The molecule has 40 heavy (non-hydrogen) atoms. The van der Waals surface area contributed by atoms with E-state index in [2.05, 4.69) is 6.92 Å². The van der Waals surface area contributed by atoms with Crippen LogP contribution in [0.25, 0.3) is 0 Å². The van der Waals surface area contributed by atoms with Gasteiger partial charge in [-0.05, 0) is 18.9 Å². The molecule has 8 heteroatoms. The monoisotopic (exact) mass is 566 g/mol. The molecule has 230 valence electrons. The van der Waals surface area contributed by atoms with Crippen LogP contribution in [0.15, 0.2) is 12.2 Å². The maximum Gasteiger partial charge on any atom is 0.302 e. The Morgan fingerprint density at radius 1 is 0.875 bits per heavy atom. The minimum absolute atomic E-state index is 0.259. The van der Waals surface area contributed by atoms with Gasteiger partial charge in [-0.1, -0.05) is 90.0 Å². The van der Waals surface area contributed by atoms with E-state index in [1.807, 2.05) is 0 Å². The van der Waals surface area contributed by atoms with E-state index in [0.717, 1.165) is 19.3 Å². The highest BCUT2D eigenvalue weighted by Gasteiger charge is 2.54. The van der Waals surface area contributed by atoms with E-state index in [1.54, 1.807) is 12.2 Å². The Kier molecular flexibility index (Phi) is 14.4. The summed E-state index contributed by atoms with van der Waals surface area (Å²) < 4.78 is 29.7. The maximum absolute atomic E-state index is 11.9. The number of hydrogen-bond donors (Lipinski definition) is 1. The van der Waals surface area contributed by atoms with Gasteiger partial charge in [-0.15, -0.1) is 0 Å². The number of aliphatic hydroxyl groups excluding tert-OH is 1. The van der Waals surface area contributed by atoms with Gasteiger partial charge in [0.1, 0.15) is 18.3 Å². The molecule has 2 saturated heterocycles. The number of ether oxygens (including phenoxy) is 5. The van der Waals surface area contributed by atoms with E-state index in [-0.39, 0.29) is 42.5 Å². The van der Waals surface area contributed by atoms with Gasteiger partial charge in [0.15, 0.2) is 12.1 Å². The zero-order valence-corrected chi connectivity index (χ0v) is 25.2. The highest BCUT2D eigenvalue weighted by Crippen LogP contribution is 2.45. The number of hydrogen-bond acceptors (Lipinski definition) is 8. The van der Waals surface area contributed by atoms with Crippen LogP contribution >= 0.6 is 0 Å². The Hall–Kier alpha value is -1.48. The first kappa shape index (κ1) is 33.0. The van der Waals surface area contributed by atoms with Crippen molar-refractivity contribution in [1.82, 2.24) is 0 Å². The molecule has 0 saturated carbocycles. The largest absolute Gasteiger partial charge is 0.462 e. The molecule has 0 bridgehead atoms. The minimum Gasteiger partial charge on any atom is -0.462 e. The molecule has 1 N–H and O–H groups in total. The van der Waals surface area contributed by atoms with Crippen LogP contribution in [0, 0.1) is 0 Å². The minimum atomic E-state index is -0.969. The van der Waals surface area contributed by atoms with Crippen molar-refractivity contribution < 1.29 is 38.4 Å². The highest BCUT2D eigenvalue weighted by molar-refractivity contribution is 5.66. The average Bonchev–Trinajstić information content (AvgIpc) is 3.21. The zero-order chi connectivity index (χ0) is 28.8. The normalized spacial score (nSPS) is 30.2. The Morgan fingerprint density at radius 2 is 1.50 bits per heavy atom. The van der Waals surface area contributed by atoms with Crippen LogP contribution in [0.2, 0.25) is 0 Å². The summed E-state index contributed by atoms with van der Waals surface area (Å²) in [4.78, 5) is 23.7. The molecule has 0 aromatic carbocycles. The Labute approximate surface area is 241 Å². The first-order valence-electron chi connectivity index (χ1n) is 16.0. The van der Waals surface area contributed by atoms with Crippen molar-refractivity contribution in [3.63, 3.8) is 0 Å². The molecule has 3 heterocycles. The van der Waals surface area contributed by atoms with Crippen molar-refractivity contribution in [2.24, 2.45) is 0 Å². The Bertz CT molecular complexity index is 785. The number of rotatable bonds is 18. The van der Waals surface area contributed by atoms with Crippen LogP contribution in [0.1, 0.15) is 136 Å². The van der Waals surface area contributed by atoms with Crippen molar-refractivity contribution >= 4 is 11.9 Å². The average molecular weight is 567 g/mol. The van der Waals surface area contributed by atoms with Crippen LogP contribution in [0.4, 0.5) is 0 Å². The lowest BCUT2D eigenvalue weighted by Gasteiger charge is -2.42. The molecule has 2 fully saturated rings. The standard InChI is InChI=1S/C32H54O8/c1-4-5-6-7-8-9-10-11-12-13-14-15-16-17-26(36-24(2)33)20-27-21-28(37-25(3)34)22-32(39-27)23-30-29(40-32)18-19-31(35)38-30/h18-19,26-31,35H,4-17,20-23H2,1-3H3. The molecular formula is C32H54O8. The Balaban J connectivity index is 1.41. The van der Waals surface area contributed by atoms with Gasteiger partial charge in [0.2, 0.25) is 0 Å². The van der Waals surface area contributed by atoms with E-state index < -0.39 is 12.1 Å². The molecule has 0 aliphatic carbocycles. The van der Waals surface area contributed by atoms with Crippen molar-refractivity contribution in [2.45, 2.75) is 179 Å². The summed E-state index contributed by atoms with van der Waals surface area (Å²) >= 11 is 0. The number of aliphatic hydroxyl groups is 1. The molecule has 3 aliphatic heterocycles. The van der Waals surface area contributed by atoms with Gasteiger partial charge >= 0.3 is 11.9 Å². The summed E-state index contributed by atoms with van der Waals surface area (Å²) in [6.45, 7) is 5.11. The van der Waals surface area contributed by atoms with E-state index in [4.69, 9.17) is 23.7 Å². The summed E-state index contributed by atoms with van der Waals surface area (Å²) in [6.07, 6.45) is 20.3. The van der Waals surface area contributed by atoms with Crippen molar-refractivity contribution in [3.8, 4) is 0 Å². The fraction of sp³-hybridized carbons (Fsp3) is 0.875. The zero-order valence-electron chi connectivity index (χ0n) is 25.2. The van der Waals surface area contributed by atoms with E-state index in [1.165, 1.54) is 84.5 Å². The molecular weight excluding hydrogens is 512 g/mol. The fourth-order valence-electron chi connectivity index (χ4n) is 6.45. The number of esters is 2. The van der Waals surface area contributed by atoms with Gasteiger partial charge in [0, 0.05) is 39.5 Å². The lowest BCUT2D eigenvalue weighted by atomic mass is 9.91. The van der Waals surface area contributed by atoms with Crippen LogP contribution in [0.3, 0.4) is 0 Å². The van der Waals surface area contributed by atoms with Crippen LogP contribution in [-0.2, 0) is 33.3 Å². The summed E-state index contributed by atoms with van der Waals surface area (Å²) in [6, 6.07) is 0. The van der Waals surface area contributed by atoms with Crippen molar-refractivity contribution in [2.75, 3.05) is 0 Å². The third-order valence-corrected chi connectivity index (χ3v) is 8.28. The van der Waals surface area contributed by atoms with Gasteiger partial charge in [0.25, 0.3) is 0 Å². The van der Waals surface area contributed by atoms with Gasteiger partial charge in [-0.25, -0.2) is 0 Å². The summed E-state index contributed by atoms with van der Waals surface area (Å²) in [5.41, 5.74) is 0. The second-order valence-electron chi connectivity index (χ2n) is 12.1. The Morgan fingerprint density at radius 3 is 2.10 bits per heavy atom. The molecule has 7 unspecified atom stereocenters. The maximum atomic E-state index is 11.9. The predicted molar refractivity (Wildman–Crippen MR) is 152 cm³/mol. The van der Waals surface area contributed by atoms with Crippen molar-refractivity contribution in [1.29, 1.82) is 0 Å². The molecule has 8 nitrogen and oxygen atoms in total. The van der Waals surface area contributed by atoms with E-state index in [0.29, 0.717) is 25.7 Å². The van der Waals surface area contributed by atoms with Gasteiger partial charge < -0.3 is 28.8 Å². The third-order valence-electron chi connectivity index (χ3n) is 8.28. The lowest BCUT2D eigenvalue weighted by molar-refractivity contribution is -0.287. The summed E-state index contributed by atoms with van der Waals surface area (Å²) in [5.74, 6) is -1.60. The topological polar surface area (TPSA) is 101 Å². The SMILES string of the molecule is CCCCCCCCCCCCCCCC(CC1CC(OC(C)=O)CC2(CC3OC(O)C=CC3O2)O1)OC(C)=O. The van der Waals surface area contributed by atoms with Crippen LogP contribution in [0.5, 0.6) is 0 Å². The lowest BCUT2D eigenvalue weighted by Crippen LogP contribution is -2.48. The summed E-state index contributed by atoms with van der Waals surface area (Å²) in [5, 5.41) is 9.86. The number of carbonyl (C=O) groups is 2. The molecule has 7 atom stereocenters. The quantitative estimate of drug-likeness (QED) is 0.112. The predicted octanol–water partition coefficient (Wildman–Crippen LogP) is 6.66. The molecule has 3 aliphatic rings. The molecule has 3 rings (SSSR count). The van der Waals surface area contributed by atoms with Crippen LogP contribution in [-0.4, -0.2) is 59.6 Å². The third kappa shape index (κ3) is 11.8. The van der Waals surface area contributed by atoms with E-state index in [9.17, 15) is 14.7 Å². The second kappa shape index (κ2) is 17.5. The molecule has 0 aromatic rings. The van der Waals surface area contributed by atoms with Gasteiger partial charge in [-0.3, -0.25) is 9.59 Å². The molecule has 0 amide bonds. The van der Waals surface area contributed by atoms with Gasteiger partial charge in [-0.2, -0.15) is 0 Å². The fourth-order valence-corrected chi connectivity index (χ4v) is 6.45. The molecule has 0 aromatic heterocycles. The highest BCUT2D eigenvalue weighted by atomic mass is 16.7. The van der Waals surface area contributed by atoms with Crippen LogP contribution < -0.4 is 0 Å². The number of carbonyl (C=O) groups excluding carboxylic acids is 2. The first-order valence-corrected chi connectivity index (χ1v) is 16.0.